The molecule has 0 aromatic carbocycles. The summed E-state index contributed by atoms with van der Waals surface area (Å²) in [5, 5.41) is -0.00299. The van der Waals surface area contributed by atoms with E-state index in [1.54, 1.807) is 12.0 Å². The van der Waals surface area contributed by atoms with Crippen molar-refractivity contribution < 1.29 is 18.7 Å². The Balaban J connectivity index is 2.03. The van der Waals surface area contributed by atoms with E-state index in [2.05, 4.69) is 15.0 Å². The molecule has 0 bridgehead atoms. The maximum absolute atomic E-state index is 14.5. The van der Waals surface area contributed by atoms with Crippen molar-refractivity contribution in [3.63, 3.8) is 0 Å². The predicted molar refractivity (Wildman–Crippen MR) is 117 cm³/mol. The molecule has 0 N–H and O–H groups in total. The summed E-state index contributed by atoms with van der Waals surface area (Å²) in [6.07, 6.45) is 1.62. The molecule has 0 unspecified atom stereocenters. The summed E-state index contributed by atoms with van der Waals surface area (Å²) < 4.78 is 25.7. The number of methoxy groups -OCH3 is 1. The van der Waals surface area contributed by atoms with Crippen molar-refractivity contribution in [3.05, 3.63) is 22.5 Å². The average molecular weight is 474 g/mol. The van der Waals surface area contributed by atoms with E-state index in [1.165, 1.54) is 6.20 Å². The topological polar surface area (TPSA) is 80.7 Å². The van der Waals surface area contributed by atoms with E-state index in [0.29, 0.717) is 37.3 Å². The van der Waals surface area contributed by atoms with Crippen molar-refractivity contribution >= 4 is 46.0 Å². The lowest BCUT2D eigenvalue weighted by atomic mass is 9.91. The molecule has 170 valence electrons. The quantitative estimate of drug-likeness (QED) is 0.482. The monoisotopic (exact) mass is 473 g/mol. The first-order chi connectivity index (χ1) is 14.5. The highest BCUT2D eigenvalue weighted by Gasteiger charge is 2.45. The number of ether oxygens (including phenoxy) is 2. The summed E-state index contributed by atoms with van der Waals surface area (Å²) in [6, 6.07) is 0. The van der Waals surface area contributed by atoms with Gasteiger partial charge in [0.15, 0.2) is 11.0 Å². The van der Waals surface area contributed by atoms with Crippen LogP contribution in [0.15, 0.2) is 6.20 Å². The van der Waals surface area contributed by atoms with Crippen LogP contribution in [0.25, 0.3) is 10.9 Å². The second-order valence-corrected chi connectivity index (χ2v) is 9.20. The zero-order chi connectivity index (χ0) is 23.0. The molecule has 2 aromatic rings. The van der Waals surface area contributed by atoms with Crippen molar-refractivity contribution in [2.24, 2.45) is 0 Å². The van der Waals surface area contributed by atoms with E-state index in [0.717, 1.165) is 0 Å². The van der Waals surface area contributed by atoms with Crippen LogP contribution in [0, 0.1) is 5.82 Å². The highest BCUT2D eigenvalue weighted by Crippen LogP contribution is 2.34. The van der Waals surface area contributed by atoms with Gasteiger partial charge in [-0.1, -0.05) is 18.5 Å². The molecule has 1 atom stereocenters. The lowest BCUT2D eigenvalue weighted by Crippen LogP contribution is -2.66. The molecule has 1 aliphatic heterocycles. The maximum atomic E-state index is 14.5. The number of fused-ring (bicyclic) bond motifs is 1. The number of aromatic nitrogens is 3. The number of carbonyl (C=O) groups is 1. The van der Waals surface area contributed by atoms with Crippen LogP contribution < -0.4 is 4.90 Å². The Morgan fingerprint density at radius 3 is 2.61 bits per heavy atom. The molecule has 31 heavy (non-hydrogen) atoms. The van der Waals surface area contributed by atoms with Crippen molar-refractivity contribution in [2.75, 3.05) is 38.3 Å². The predicted octanol–water partition coefficient (Wildman–Crippen LogP) is 4.32. The van der Waals surface area contributed by atoms with Crippen molar-refractivity contribution in [1.29, 1.82) is 0 Å². The maximum Gasteiger partial charge on any atom is 0.410 e. The first-order valence-electron chi connectivity index (χ1n) is 9.93. The Bertz CT molecular complexity index is 987. The zero-order valence-corrected chi connectivity index (χ0v) is 19.7. The first kappa shape index (κ1) is 23.7. The van der Waals surface area contributed by atoms with Gasteiger partial charge < -0.3 is 14.4 Å². The Morgan fingerprint density at radius 1 is 1.29 bits per heavy atom. The summed E-state index contributed by atoms with van der Waals surface area (Å²) >= 11 is 11.9. The average Bonchev–Trinajstić information content (AvgIpc) is 2.69. The lowest BCUT2D eigenvalue weighted by molar-refractivity contribution is -0.0318. The standard InChI is InChI=1S/C20H26Cl2FN5O3/c1-6-20(11-30-5)10-27(7-8-28(20)18(29)31-19(2,3)4)16-12-9-24-15(21)13(23)14(12)25-17(22)26-16/h9H,6-8,10-11H2,1-5H3/t20-/m1/s1. The Hall–Kier alpha value is -1.97. The number of halogens is 3. The number of piperazine rings is 1. The van der Waals surface area contributed by atoms with Crippen LogP contribution in [0.1, 0.15) is 34.1 Å². The highest BCUT2D eigenvalue weighted by molar-refractivity contribution is 6.30. The molecule has 11 heteroatoms. The van der Waals surface area contributed by atoms with Crippen molar-refractivity contribution in [2.45, 2.75) is 45.3 Å². The lowest BCUT2D eigenvalue weighted by Gasteiger charge is -2.50. The SMILES string of the molecule is CC[C@]1(COC)CN(c2nc(Cl)nc3c(F)c(Cl)ncc23)CCN1C(=O)OC(C)(C)C. The van der Waals surface area contributed by atoms with Gasteiger partial charge in [0.1, 0.15) is 16.9 Å². The number of nitrogens with zero attached hydrogens (tertiary/aromatic N) is 5. The van der Waals surface area contributed by atoms with Gasteiger partial charge in [0.2, 0.25) is 5.28 Å². The number of rotatable bonds is 4. The molecule has 1 saturated heterocycles. The number of carbonyl (C=O) groups excluding carboxylic acids is 1. The van der Waals surface area contributed by atoms with Gasteiger partial charge in [0, 0.05) is 32.9 Å². The number of hydrogen-bond acceptors (Lipinski definition) is 7. The van der Waals surface area contributed by atoms with Crippen LogP contribution in [-0.4, -0.2) is 70.4 Å². The van der Waals surface area contributed by atoms with Gasteiger partial charge in [-0.2, -0.15) is 4.98 Å². The minimum atomic E-state index is -0.754. The fraction of sp³-hybridized carbons (Fsp3) is 0.600. The van der Waals surface area contributed by atoms with Crippen LogP contribution in [0.5, 0.6) is 0 Å². The highest BCUT2D eigenvalue weighted by atomic mass is 35.5. The van der Waals surface area contributed by atoms with Gasteiger partial charge in [-0.15, -0.1) is 0 Å². The normalized spacial score (nSPS) is 19.7. The van der Waals surface area contributed by atoms with Gasteiger partial charge in [-0.3, -0.25) is 4.90 Å². The molecule has 0 saturated carbocycles. The number of hydrogen-bond donors (Lipinski definition) is 0. The second kappa shape index (κ2) is 8.88. The Kier molecular flexibility index (Phi) is 6.78. The van der Waals surface area contributed by atoms with Crippen LogP contribution >= 0.6 is 23.2 Å². The summed E-state index contributed by atoms with van der Waals surface area (Å²) in [4.78, 5) is 28.8. The molecule has 1 fully saturated rings. The third-order valence-corrected chi connectivity index (χ3v) is 5.66. The summed E-state index contributed by atoms with van der Waals surface area (Å²) in [5.74, 6) is -0.327. The number of pyridine rings is 1. The second-order valence-electron chi connectivity index (χ2n) is 8.51. The fourth-order valence-electron chi connectivity index (χ4n) is 3.79. The number of anilines is 1. The zero-order valence-electron chi connectivity index (χ0n) is 18.2. The summed E-state index contributed by atoms with van der Waals surface area (Å²) in [7, 11) is 1.59. The van der Waals surface area contributed by atoms with E-state index in [-0.39, 0.29) is 22.6 Å². The molecule has 3 rings (SSSR count). The summed E-state index contributed by atoms with van der Waals surface area (Å²) in [6.45, 7) is 8.91. The molecule has 1 aliphatic rings. The Labute approximate surface area is 190 Å². The summed E-state index contributed by atoms with van der Waals surface area (Å²) in [5.41, 5.74) is -1.31. The van der Waals surface area contributed by atoms with Gasteiger partial charge in [-0.25, -0.2) is 19.2 Å². The van der Waals surface area contributed by atoms with Crippen LogP contribution in [-0.2, 0) is 9.47 Å². The van der Waals surface area contributed by atoms with Gasteiger partial charge in [0.25, 0.3) is 0 Å². The third-order valence-electron chi connectivity index (χ3n) is 5.23. The molecule has 0 radical (unpaired) electrons. The van der Waals surface area contributed by atoms with Crippen molar-refractivity contribution in [3.8, 4) is 0 Å². The van der Waals surface area contributed by atoms with Crippen LogP contribution in [0.3, 0.4) is 0 Å². The smallest absolute Gasteiger partial charge is 0.410 e. The van der Waals surface area contributed by atoms with Crippen LogP contribution in [0.4, 0.5) is 15.0 Å². The van der Waals surface area contributed by atoms with E-state index in [1.807, 2.05) is 32.6 Å². The minimum absolute atomic E-state index is 0.00147. The molecular weight excluding hydrogens is 448 g/mol. The molecule has 8 nitrogen and oxygen atoms in total. The van der Waals surface area contributed by atoms with E-state index in [9.17, 15) is 9.18 Å². The van der Waals surface area contributed by atoms with E-state index in [4.69, 9.17) is 32.7 Å². The molecule has 3 heterocycles. The fourth-order valence-corrected chi connectivity index (χ4v) is 4.09. The molecular formula is C20H26Cl2FN5O3. The largest absolute Gasteiger partial charge is 0.444 e. The molecule has 0 spiro atoms. The first-order valence-corrected chi connectivity index (χ1v) is 10.7. The van der Waals surface area contributed by atoms with Crippen LogP contribution in [0.2, 0.25) is 10.4 Å². The van der Waals surface area contributed by atoms with E-state index < -0.39 is 23.1 Å². The minimum Gasteiger partial charge on any atom is -0.444 e. The van der Waals surface area contributed by atoms with Crippen molar-refractivity contribution in [1.82, 2.24) is 19.9 Å². The van der Waals surface area contributed by atoms with Gasteiger partial charge in [-0.05, 0) is 38.8 Å². The molecule has 2 aromatic heterocycles. The molecule has 0 aliphatic carbocycles. The van der Waals surface area contributed by atoms with Gasteiger partial charge in [0.05, 0.1) is 17.5 Å². The molecule has 1 amide bonds. The number of amides is 1. The third kappa shape index (κ3) is 4.78. The Morgan fingerprint density at radius 2 is 2.00 bits per heavy atom. The van der Waals surface area contributed by atoms with E-state index >= 15 is 0 Å². The van der Waals surface area contributed by atoms with Gasteiger partial charge >= 0.3 is 6.09 Å².